The SMILES string of the molecule is CSNc1ncc(Oc2ccc(F)cc2F)c(-c2cc(C)c3nnc(C)n3c2)n1. The molecule has 0 unspecified atom stereocenters. The molecule has 29 heavy (non-hydrogen) atoms. The number of hydrogen-bond donors (Lipinski definition) is 1. The molecule has 4 aromatic rings. The number of hydrogen-bond acceptors (Lipinski definition) is 7. The Hall–Kier alpha value is -3.27. The second kappa shape index (κ2) is 7.63. The number of anilines is 1. The lowest BCUT2D eigenvalue weighted by molar-refractivity contribution is 0.436. The number of aryl methyl sites for hydroxylation is 2. The first kappa shape index (κ1) is 19.1. The van der Waals surface area contributed by atoms with Gasteiger partial charge in [0, 0.05) is 24.1 Å². The van der Waals surface area contributed by atoms with Crippen LogP contribution in [0, 0.1) is 25.5 Å². The zero-order valence-electron chi connectivity index (χ0n) is 15.8. The van der Waals surface area contributed by atoms with Crippen LogP contribution in [0.25, 0.3) is 16.9 Å². The van der Waals surface area contributed by atoms with Crippen molar-refractivity contribution in [1.29, 1.82) is 0 Å². The Morgan fingerprint density at radius 3 is 2.69 bits per heavy atom. The highest BCUT2D eigenvalue weighted by atomic mass is 32.2. The van der Waals surface area contributed by atoms with Crippen molar-refractivity contribution in [3.05, 3.63) is 59.7 Å². The maximum absolute atomic E-state index is 14.1. The minimum Gasteiger partial charge on any atom is -0.450 e. The van der Waals surface area contributed by atoms with E-state index in [4.69, 9.17) is 4.74 Å². The lowest BCUT2D eigenvalue weighted by atomic mass is 10.1. The first-order valence-corrected chi connectivity index (χ1v) is 9.80. The lowest BCUT2D eigenvalue weighted by Crippen LogP contribution is -2.01. The molecule has 10 heteroatoms. The summed E-state index contributed by atoms with van der Waals surface area (Å²) < 4.78 is 37.9. The monoisotopic (exact) mass is 414 g/mol. The fourth-order valence-corrected chi connectivity index (χ4v) is 3.15. The Kier molecular flexibility index (Phi) is 5.01. The topological polar surface area (TPSA) is 77.2 Å². The van der Waals surface area contributed by atoms with E-state index in [9.17, 15) is 8.78 Å². The molecule has 1 N–H and O–H groups in total. The first-order chi connectivity index (χ1) is 14.0. The van der Waals surface area contributed by atoms with E-state index in [-0.39, 0.29) is 11.5 Å². The zero-order chi connectivity index (χ0) is 20.5. The largest absolute Gasteiger partial charge is 0.450 e. The highest BCUT2D eigenvalue weighted by molar-refractivity contribution is 7.99. The molecule has 0 spiro atoms. The van der Waals surface area contributed by atoms with Crippen molar-refractivity contribution in [2.75, 3.05) is 11.0 Å². The van der Waals surface area contributed by atoms with Gasteiger partial charge in [-0.1, -0.05) is 11.9 Å². The summed E-state index contributed by atoms with van der Waals surface area (Å²) in [5.41, 5.74) is 2.77. The fraction of sp³-hybridized carbons (Fsp3) is 0.158. The van der Waals surface area contributed by atoms with E-state index in [0.29, 0.717) is 23.0 Å². The van der Waals surface area contributed by atoms with Gasteiger partial charge < -0.3 is 4.74 Å². The van der Waals surface area contributed by atoms with Gasteiger partial charge in [0.1, 0.15) is 17.3 Å². The van der Waals surface area contributed by atoms with Gasteiger partial charge in [0.05, 0.1) is 6.20 Å². The maximum atomic E-state index is 14.1. The third-order valence-electron chi connectivity index (χ3n) is 4.19. The summed E-state index contributed by atoms with van der Waals surface area (Å²) in [4.78, 5) is 8.71. The second-order valence-electron chi connectivity index (χ2n) is 6.24. The number of rotatable bonds is 5. The summed E-state index contributed by atoms with van der Waals surface area (Å²) in [6.07, 6.45) is 5.12. The molecule has 0 saturated carbocycles. The highest BCUT2D eigenvalue weighted by Crippen LogP contribution is 2.34. The average molecular weight is 414 g/mol. The molecule has 0 fully saturated rings. The van der Waals surface area contributed by atoms with Crippen molar-refractivity contribution in [2.24, 2.45) is 0 Å². The van der Waals surface area contributed by atoms with Crippen molar-refractivity contribution in [1.82, 2.24) is 24.6 Å². The van der Waals surface area contributed by atoms with Crippen LogP contribution in [0.4, 0.5) is 14.7 Å². The molecule has 0 aliphatic carbocycles. The lowest BCUT2D eigenvalue weighted by Gasteiger charge is -2.13. The number of nitrogens with zero attached hydrogens (tertiary/aromatic N) is 5. The van der Waals surface area contributed by atoms with Gasteiger partial charge in [0.2, 0.25) is 5.95 Å². The van der Waals surface area contributed by atoms with Gasteiger partial charge in [-0.25, -0.2) is 18.7 Å². The van der Waals surface area contributed by atoms with Crippen molar-refractivity contribution in [3.63, 3.8) is 0 Å². The Bertz CT molecular complexity index is 1210. The van der Waals surface area contributed by atoms with Crippen LogP contribution in [0.5, 0.6) is 11.5 Å². The zero-order valence-corrected chi connectivity index (χ0v) is 16.6. The van der Waals surface area contributed by atoms with Crippen LogP contribution in [0.15, 0.2) is 36.7 Å². The normalized spacial score (nSPS) is 11.1. The van der Waals surface area contributed by atoms with E-state index in [0.717, 1.165) is 23.3 Å². The molecule has 0 radical (unpaired) electrons. The second-order valence-corrected chi connectivity index (χ2v) is 6.85. The molecule has 0 aliphatic heterocycles. The molecule has 0 amide bonds. The van der Waals surface area contributed by atoms with Gasteiger partial charge >= 0.3 is 0 Å². The Morgan fingerprint density at radius 1 is 1.10 bits per heavy atom. The molecule has 0 bridgehead atoms. The minimum atomic E-state index is -0.816. The Morgan fingerprint density at radius 2 is 1.93 bits per heavy atom. The van der Waals surface area contributed by atoms with Crippen LogP contribution in [0.3, 0.4) is 0 Å². The number of halogens is 2. The van der Waals surface area contributed by atoms with E-state index in [1.165, 1.54) is 24.2 Å². The molecular weight excluding hydrogens is 398 g/mol. The van der Waals surface area contributed by atoms with Crippen LogP contribution >= 0.6 is 11.9 Å². The van der Waals surface area contributed by atoms with Crippen LogP contribution in [-0.4, -0.2) is 30.8 Å². The third kappa shape index (κ3) is 3.70. The van der Waals surface area contributed by atoms with E-state index < -0.39 is 11.6 Å². The standard InChI is InChI=1S/C19H16F2N6OS/c1-10-6-12(9-27-11(2)24-25-18(10)27)17-16(8-22-19(23-17)26-29-3)28-15-5-4-13(20)7-14(15)21/h4-9H,1-3H3,(H,22,23,26). The molecule has 0 atom stereocenters. The third-order valence-corrected chi connectivity index (χ3v) is 4.58. The highest BCUT2D eigenvalue weighted by Gasteiger charge is 2.17. The minimum absolute atomic E-state index is 0.125. The molecule has 3 aromatic heterocycles. The summed E-state index contributed by atoms with van der Waals surface area (Å²) in [7, 11) is 0. The van der Waals surface area contributed by atoms with E-state index in [1.807, 2.05) is 36.8 Å². The predicted molar refractivity (Wildman–Crippen MR) is 107 cm³/mol. The molecule has 4 rings (SSSR count). The van der Waals surface area contributed by atoms with Crippen LogP contribution in [0.1, 0.15) is 11.4 Å². The van der Waals surface area contributed by atoms with Crippen LogP contribution in [-0.2, 0) is 0 Å². The van der Waals surface area contributed by atoms with E-state index in [2.05, 4.69) is 24.9 Å². The Labute approximate surface area is 169 Å². The molecule has 0 aliphatic rings. The predicted octanol–water partition coefficient (Wildman–Crippen LogP) is 4.56. The van der Waals surface area contributed by atoms with Gasteiger partial charge in [-0.05, 0) is 37.6 Å². The van der Waals surface area contributed by atoms with Crippen molar-refractivity contribution < 1.29 is 13.5 Å². The summed E-state index contributed by atoms with van der Waals surface area (Å²) in [5.74, 6) is -0.309. The summed E-state index contributed by atoms with van der Waals surface area (Å²) in [6, 6.07) is 5.00. The van der Waals surface area contributed by atoms with Crippen molar-refractivity contribution >= 4 is 23.5 Å². The van der Waals surface area contributed by atoms with Gasteiger partial charge in [-0.3, -0.25) is 9.12 Å². The quantitative estimate of drug-likeness (QED) is 0.480. The molecule has 148 valence electrons. The summed E-state index contributed by atoms with van der Waals surface area (Å²) in [5, 5.41) is 8.25. The van der Waals surface area contributed by atoms with E-state index >= 15 is 0 Å². The van der Waals surface area contributed by atoms with Crippen LogP contribution in [0.2, 0.25) is 0 Å². The van der Waals surface area contributed by atoms with Gasteiger partial charge in [-0.2, -0.15) is 0 Å². The number of nitrogens with one attached hydrogen (secondary N) is 1. The number of ether oxygens (including phenoxy) is 1. The molecule has 0 saturated heterocycles. The Balaban J connectivity index is 1.86. The van der Waals surface area contributed by atoms with Crippen LogP contribution < -0.4 is 9.46 Å². The molecule has 3 heterocycles. The van der Waals surface area contributed by atoms with Gasteiger partial charge in [0.25, 0.3) is 0 Å². The van der Waals surface area contributed by atoms with Crippen molar-refractivity contribution in [2.45, 2.75) is 13.8 Å². The van der Waals surface area contributed by atoms with Gasteiger partial charge in [0.15, 0.2) is 23.0 Å². The maximum Gasteiger partial charge on any atom is 0.233 e. The molecule has 7 nitrogen and oxygen atoms in total. The fourth-order valence-electron chi connectivity index (χ4n) is 2.87. The first-order valence-electron chi connectivity index (χ1n) is 8.57. The molecule has 1 aromatic carbocycles. The summed E-state index contributed by atoms with van der Waals surface area (Å²) in [6.45, 7) is 3.75. The average Bonchev–Trinajstić information content (AvgIpc) is 3.07. The number of fused-ring (bicyclic) bond motifs is 1. The summed E-state index contributed by atoms with van der Waals surface area (Å²) >= 11 is 1.34. The van der Waals surface area contributed by atoms with Gasteiger partial charge in [-0.15, -0.1) is 10.2 Å². The van der Waals surface area contributed by atoms with Crippen molar-refractivity contribution in [3.8, 4) is 22.8 Å². The smallest absolute Gasteiger partial charge is 0.233 e. The van der Waals surface area contributed by atoms with E-state index in [1.54, 1.807) is 0 Å². The molecular formula is C19H16F2N6OS. The number of pyridine rings is 1. The number of benzene rings is 1. The number of aromatic nitrogens is 5.